The summed E-state index contributed by atoms with van der Waals surface area (Å²) in [6.07, 6.45) is 3.50. The summed E-state index contributed by atoms with van der Waals surface area (Å²) in [6, 6.07) is 1.09. The molecule has 0 bridgehead atoms. The van der Waals surface area contributed by atoms with Gasteiger partial charge in [-0.05, 0) is 34.8 Å². The van der Waals surface area contributed by atoms with Crippen LogP contribution in [0, 0.1) is 11.6 Å². The molecule has 2 nitrogen and oxygen atoms in total. The topological polar surface area (TPSA) is 35.2 Å². The molecule has 1 fully saturated rings. The average Bonchev–Trinajstić information content (AvgIpc) is 2.83. The lowest BCUT2D eigenvalue weighted by atomic mass is 9.78. The second-order valence-corrected chi connectivity index (χ2v) is 5.61. The molecule has 2 rings (SSSR count). The highest BCUT2D eigenvalue weighted by Gasteiger charge is 2.40. The Kier molecular flexibility index (Phi) is 3.92. The van der Waals surface area contributed by atoms with Crippen LogP contribution in [0.2, 0.25) is 0 Å². The lowest BCUT2D eigenvalue weighted by Crippen LogP contribution is -2.34. The van der Waals surface area contributed by atoms with Crippen LogP contribution >= 0.6 is 15.9 Å². The van der Waals surface area contributed by atoms with Crippen molar-refractivity contribution in [1.82, 2.24) is 0 Å². The minimum Gasteiger partial charge on any atom is -0.495 e. The molecule has 18 heavy (non-hydrogen) atoms. The van der Waals surface area contributed by atoms with Gasteiger partial charge in [-0.3, -0.25) is 0 Å². The van der Waals surface area contributed by atoms with E-state index in [1.165, 1.54) is 7.11 Å². The van der Waals surface area contributed by atoms with Crippen LogP contribution in [0.4, 0.5) is 8.78 Å². The number of rotatable bonds is 3. The second kappa shape index (κ2) is 5.13. The first-order chi connectivity index (χ1) is 8.55. The SMILES string of the molecule is COc1c(Br)cc(F)c(F)c1C1(CN)CCCC1. The molecule has 1 aromatic rings. The standard InChI is InChI=1S/C13H16BrF2NO/c1-18-12-8(14)6-9(15)11(16)10(12)13(7-17)4-2-3-5-13/h6H,2-5,7,17H2,1H3. The van der Waals surface area contributed by atoms with E-state index < -0.39 is 17.0 Å². The Morgan fingerprint density at radius 2 is 2.00 bits per heavy atom. The quantitative estimate of drug-likeness (QED) is 0.865. The maximum absolute atomic E-state index is 14.2. The van der Waals surface area contributed by atoms with Crippen molar-refractivity contribution in [3.63, 3.8) is 0 Å². The monoisotopic (exact) mass is 319 g/mol. The van der Waals surface area contributed by atoms with E-state index >= 15 is 0 Å². The van der Waals surface area contributed by atoms with Gasteiger partial charge in [-0.1, -0.05) is 12.8 Å². The van der Waals surface area contributed by atoms with Crippen LogP contribution in [-0.2, 0) is 5.41 Å². The molecule has 0 heterocycles. The summed E-state index contributed by atoms with van der Waals surface area (Å²) in [5.74, 6) is -1.33. The lowest BCUT2D eigenvalue weighted by molar-refractivity contribution is 0.352. The average molecular weight is 320 g/mol. The number of halogens is 3. The molecule has 0 amide bonds. The van der Waals surface area contributed by atoms with Gasteiger partial charge in [0.05, 0.1) is 11.6 Å². The molecule has 0 atom stereocenters. The van der Waals surface area contributed by atoms with Crippen LogP contribution < -0.4 is 10.5 Å². The molecule has 2 N–H and O–H groups in total. The summed E-state index contributed by atoms with van der Waals surface area (Å²) < 4.78 is 33.5. The van der Waals surface area contributed by atoms with E-state index in [4.69, 9.17) is 10.5 Å². The molecule has 0 saturated heterocycles. The van der Waals surface area contributed by atoms with Crippen LogP contribution in [0.15, 0.2) is 10.5 Å². The molecule has 0 aromatic heterocycles. The van der Waals surface area contributed by atoms with Crippen LogP contribution in [0.3, 0.4) is 0 Å². The van der Waals surface area contributed by atoms with Crippen molar-refractivity contribution in [1.29, 1.82) is 0 Å². The predicted molar refractivity (Wildman–Crippen MR) is 69.8 cm³/mol. The van der Waals surface area contributed by atoms with Crippen molar-refractivity contribution in [3.8, 4) is 5.75 Å². The Labute approximate surface area is 114 Å². The fourth-order valence-corrected chi connectivity index (χ4v) is 3.42. The van der Waals surface area contributed by atoms with Gasteiger partial charge >= 0.3 is 0 Å². The van der Waals surface area contributed by atoms with E-state index in [0.717, 1.165) is 31.7 Å². The first kappa shape index (κ1) is 13.7. The van der Waals surface area contributed by atoms with E-state index in [-0.39, 0.29) is 5.56 Å². The molecule has 0 radical (unpaired) electrons. The van der Waals surface area contributed by atoms with Crippen LogP contribution in [0.1, 0.15) is 31.2 Å². The van der Waals surface area contributed by atoms with Crippen LogP contribution in [0.25, 0.3) is 0 Å². The smallest absolute Gasteiger partial charge is 0.166 e. The maximum atomic E-state index is 14.2. The molecule has 1 saturated carbocycles. The second-order valence-electron chi connectivity index (χ2n) is 4.75. The number of hydrogen-bond acceptors (Lipinski definition) is 2. The lowest BCUT2D eigenvalue weighted by Gasteiger charge is -2.30. The van der Waals surface area contributed by atoms with Crippen molar-refractivity contribution in [2.45, 2.75) is 31.1 Å². The summed E-state index contributed by atoms with van der Waals surface area (Å²) in [6.45, 7) is 0.302. The first-order valence-corrected chi connectivity index (χ1v) is 6.77. The Balaban J connectivity index is 2.67. The van der Waals surface area contributed by atoms with Gasteiger partial charge in [0.1, 0.15) is 5.75 Å². The summed E-state index contributed by atoms with van der Waals surface area (Å²) >= 11 is 3.22. The fraction of sp³-hybridized carbons (Fsp3) is 0.538. The van der Waals surface area contributed by atoms with Gasteiger partial charge in [-0.25, -0.2) is 8.78 Å². The van der Waals surface area contributed by atoms with Gasteiger partial charge in [-0.15, -0.1) is 0 Å². The highest BCUT2D eigenvalue weighted by atomic mass is 79.9. The van der Waals surface area contributed by atoms with Crippen LogP contribution in [0.5, 0.6) is 5.75 Å². The molecule has 0 unspecified atom stereocenters. The summed E-state index contributed by atoms with van der Waals surface area (Å²) in [5.41, 5.74) is 5.62. The third-order valence-corrected chi connectivity index (χ3v) is 4.40. The zero-order valence-corrected chi connectivity index (χ0v) is 11.8. The molecule has 1 aliphatic rings. The number of nitrogens with two attached hydrogens (primary N) is 1. The molecule has 0 spiro atoms. The minimum absolute atomic E-state index is 0.289. The van der Waals surface area contributed by atoms with E-state index in [1.807, 2.05) is 0 Å². The van der Waals surface area contributed by atoms with Crippen molar-refractivity contribution < 1.29 is 13.5 Å². The zero-order valence-electron chi connectivity index (χ0n) is 10.2. The van der Waals surface area contributed by atoms with E-state index in [0.29, 0.717) is 16.8 Å². The molecule has 5 heteroatoms. The van der Waals surface area contributed by atoms with Crippen molar-refractivity contribution in [2.24, 2.45) is 5.73 Å². The molecule has 1 aromatic carbocycles. The molecular weight excluding hydrogens is 304 g/mol. The fourth-order valence-electron chi connectivity index (χ4n) is 2.86. The van der Waals surface area contributed by atoms with E-state index in [2.05, 4.69) is 15.9 Å². The number of ether oxygens (including phenoxy) is 1. The minimum atomic E-state index is -0.864. The zero-order chi connectivity index (χ0) is 13.3. The van der Waals surface area contributed by atoms with Crippen molar-refractivity contribution in [3.05, 3.63) is 27.7 Å². The molecule has 100 valence electrons. The summed E-state index contributed by atoms with van der Waals surface area (Å²) in [5, 5.41) is 0. The summed E-state index contributed by atoms with van der Waals surface area (Å²) in [7, 11) is 1.46. The third kappa shape index (κ3) is 2.03. The largest absolute Gasteiger partial charge is 0.495 e. The van der Waals surface area contributed by atoms with E-state index in [9.17, 15) is 8.78 Å². The highest BCUT2D eigenvalue weighted by molar-refractivity contribution is 9.10. The van der Waals surface area contributed by atoms with Gasteiger partial charge in [0, 0.05) is 17.5 Å². The number of benzene rings is 1. The number of hydrogen-bond donors (Lipinski definition) is 1. The third-order valence-electron chi connectivity index (χ3n) is 3.81. The molecule has 1 aliphatic carbocycles. The van der Waals surface area contributed by atoms with Gasteiger partial charge in [0.25, 0.3) is 0 Å². The molecular formula is C13H16BrF2NO. The van der Waals surface area contributed by atoms with E-state index in [1.54, 1.807) is 0 Å². The molecule has 0 aliphatic heterocycles. The van der Waals surface area contributed by atoms with Gasteiger partial charge < -0.3 is 10.5 Å². The Morgan fingerprint density at radius 3 is 2.50 bits per heavy atom. The Morgan fingerprint density at radius 1 is 1.39 bits per heavy atom. The van der Waals surface area contributed by atoms with Gasteiger partial charge in [0.2, 0.25) is 0 Å². The first-order valence-electron chi connectivity index (χ1n) is 5.98. The normalized spacial score (nSPS) is 18.1. The van der Waals surface area contributed by atoms with Gasteiger partial charge in [0.15, 0.2) is 11.6 Å². The van der Waals surface area contributed by atoms with Crippen molar-refractivity contribution >= 4 is 15.9 Å². The maximum Gasteiger partial charge on any atom is 0.166 e. The Hall–Kier alpha value is -0.680. The van der Waals surface area contributed by atoms with Crippen LogP contribution in [-0.4, -0.2) is 13.7 Å². The predicted octanol–water partition coefficient (Wildman–Crippen LogP) is 3.51. The highest BCUT2D eigenvalue weighted by Crippen LogP contribution is 2.47. The Bertz CT molecular complexity index is 459. The summed E-state index contributed by atoms with van der Waals surface area (Å²) in [4.78, 5) is 0. The number of methoxy groups -OCH3 is 1. The van der Waals surface area contributed by atoms with Crippen molar-refractivity contribution in [2.75, 3.05) is 13.7 Å². The van der Waals surface area contributed by atoms with Gasteiger partial charge in [-0.2, -0.15) is 0 Å².